The molecule has 0 saturated heterocycles. The van der Waals surface area contributed by atoms with Crippen LogP contribution < -0.4 is 10.4 Å². The van der Waals surface area contributed by atoms with Gasteiger partial charge in [-0.2, -0.15) is 0 Å². The van der Waals surface area contributed by atoms with Crippen molar-refractivity contribution in [2.24, 2.45) is 0 Å². The van der Waals surface area contributed by atoms with Gasteiger partial charge >= 0.3 is 11.6 Å². The van der Waals surface area contributed by atoms with Gasteiger partial charge in [-0.1, -0.05) is 13.8 Å². The van der Waals surface area contributed by atoms with Crippen LogP contribution in [0, 0.1) is 0 Å². The van der Waals surface area contributed by atoms with Crippen molar-refractivity contribution in [3.05, 3.63) is 40.4 Å². The predicted molar refractivity (Wildman–Crippen MR) is 77.7 cm³/mol. The molecular formula is C16H14O5. The van der Waals surface area contributed by atoms with Crippen molar-refractivity contribution in [3.8, 4) is 5.75 Å². The lowest BCUT2D eigenvalue weighted by molar-refractivity contribution is -0.131. The largest absolute Gasteiger partial charge is 0.457 e. The Kier molecular flexibility index (Phi) is 3.05. The van der Waals surface area contributed by atoms with Gasteiger partial charge in [0, 0.05) is 30.4 Å². The van der Waals surface area contributed by atoms with E-state index in [4.69, 9.17) is 13.6 Å². The molecule has 21 heavy (non-hydrogen) atoms. The van der Waals surface area contributed by atoms with E-state index < -0.39 is 11.6 Å². The summed E-state index contributed by atoms with van der Waals surface area (Å²) >= 11 is 0. The second-order valence-electron chi connectivity index (χ2n) is 5.18. The molecule has 0 aliphatic carbocycles. The number of hydrogen-bond acceptors (Lipinski definition) is 5. The van der Waals surface area contributed by atoms with Crippen LogP contribution >= 0.6 is 0 Å². The fourth-order valence-corrected chi connectivity index (χ4v) is 2.29. The lowest BCUT2D eigenvalue weighted by Crippen LogP contribution is -2.03. The molecule has 0 spiro atoms. The highest BCUT2D eigenvalue weighted by Crippen LogP contribution is 2.39. The molecule has 1 aromatic carbocycles. The van der Waals surface area contributed by atoms with Gasteiger partial charge in [0.2, 0.25) is 0 Å². The van der Waals surface area contributed by atoms with Crippen LogP contribution in [0.15, 0.2) is 37.9 Å². The number of furan rings is 1. The summed E-state index contributed by atoms with van der Waals surface area (Å²) in [5.41, 5.74) is 0.544. The highest BCUT2D eigenvalue weighted by Gasteiger charge is 2.20. The van der Waals surface area contributed by atoms with Gasteiger partial charge in [0.05, 0.1) is 5.39 Å². The van der Waals surface area contributed by atoms with Crippen molar-refractivity contribution in [2.75, 3.05) is 0 Å². The van der Waals surface area contributed by atoms with Gasteiger partial charge in [-0.3, -0.25) is 4.79 Å². The van der Waals surface area contributed by atoms with Crippen LogP contribution in [0.3, 0.4) is 0 Å². The van der Waals surface area contributed by atoms with E-state index in [0.717, 1.165) is 5.39 Å². The third kappa shape index (κ3) is 2.31. The zero-order chi connectivity index (χ0) is 15.1. The summed E-state index contributed by atoms with van der Waals surface area (Å²) in [6.07, 6.45) is 0. The molecule has 0 saturated carbocycles. The van der Waals surface area contributed by atoms with E-state index in [1.807, 2.05) is 13.8 Å². The van der Waals surface area contributed by atoms with Crippen molar-refractivity contribution in [2.45, 2.75) is 26.7 Å². The van der Waals surface area contributed by atoms with Crippen molar-refractivity contribution in [1.29, 1.82) is 0 Å². The summed E-state index contributed by atoms with van der Waals surface area (Å²) in [6, 6.07) is 6.45. The molecule has 0 aliphatic heterocycles. The zero-order valence-corrected chi connectivity index (χ0v) is 11.9. The highest BCUT2D eigenvalue weighted by molar-refractivity contribution is 5.97. The summed E-state index contributed by atoms with van der Waals surface area (Å²) in [5.74, 6) is 0.680. The molecule has 0 aliphatic rings. The Morgan fingerprint density at radius 2 is 1.90 bits per heavy atom. The van der Waals surface area contributed by atoms with E-state index in [1.54, 1.807) is 18.2 Å². The second-order valence-corrected chi connectivity index (χ2v) is 5.18. The second kappa shape index (κ2) is 4.77. The van der Waals surface area contributed by atoms with Crippen molar-refractivity contribution in [3.63, 3.8) is 0 Å². The normalized spacial score (nSPS) is 11.4. The molecule has 0 radical (unpaired) electrons. The Morgan fingerprint density at radius 1 is 1.14 bits per heavy atom. The van der Waals surface area contributed by atoms with Crippen LogP contribution in [0.25, 0.3) is 21.9 Å². The minimum absolute atomic E-state index is 0.0573. The molecule has 0 fully saturated rings. The molecular weight excluding hydrogens is 272 g/mol. The smallest absolute Gasteiger partial charge is 0.336 e. The molecule has 0 unspecified atom stereocenters. The minimum Gasteiger partial charge on any atom is -0.457 e. The van der Waals surface area contributed by atoms with Crippen LogP contribution in [0.2, 0.25) is 0 Å². The average Bonchev–Trinajstić information content (AvgIpc) is 2.74. The SMILES string of the molecule is CC(=O)Oc1c(C(C)C)oc2cc3oc(=O)ccc3cc12. The monoisotopic (exact) mass is 286 g/mol. The summed E-state index contributed by atoms with van der Waals surface area (Å²) in [7, 11) is 0. The molecule has 0 amide bonds. The first-order chi connectivity index (χ1) is 9.95. The number of carbonyl (C=O) groups excluding carboxylic acids is 1. The minimum atomic E-state index is -0.419. The molecule has 5 heteroatoms. The number of rotatable bonds is 2. The first-order valence-electron chi connectivity index (χ1n) is 6.64. The van der Waals surface area contributed by atoms with Gasteiger partial charge in [0.1, 0.15) is 16.9 Å². The first kappa shape index (κ1) is 13.4. The molecule has 108 valence electrons. The summed E-state index contributed by atoms with van der Waals surface area (Å²) in [6.45, 7) is 5.25. The van der Waals surface area contributed by atoms with E-state index in [2.05, 4.69) is 0 Å². The first-order valence-corrected chi connectivity index (χ1v) is 6.64. The van der Waals surface area contributed by atoms with Crippen LogP contribution in [-0.2, 0) is 4.79 Å². The Bertz CT molecular complexity index is 898. The molecule has 0 atom stereocenters. The fraction of sp³-hybridized carbons (Fsp3) is 0.250. The van der Waals surface area contributed by atoms with Gasteiger partial charge in [-0.05, 0) is 12.1 Å². The maximum atomic E-state index is 11.3. The number of carbonyl (C=O) groups is 1. The van der Waals surface area contributed by atoms with E-state index in [1.165, 1.54) is 13.0 Å². The predicted octanol–water partition coefficient (Wildman–Crippen LogP) is 3.59. The Hall–Kier alpha value is -2.56. The number of fused-ring (bicyclic) bond motifs is 2. The van der Waals surface area contributed by atoms with Crippen molar-refractivity contribution < 1.29 is 18.4 Å². The van der Waals surface area contributed by atoms with Crippen molar-refractivity contribution >= 4 is 27.9 Å². The Morgan fingerprint density at radius 3 is 2.57 bits per heavy atom. The maximum Gasteiger partial charge on any atom is 0.336 e. The van der Waals surface area contributed by atoms with Crippen LogP contribution in [0.5, 0.6) is 5.75 Å². The van der Waals surface area contributed by atoms with Gasteiger partial charge in [-0.25, -0.2) is 4.79 Å². The molecule has 2 heterocycles. The van der Waals surface area contributed by atoms with E-state index in [9.17, 15) is 9.59 Å². The summed E-state index contributed by atoms with van der Waals surface area (Å²) in [5, 5.41) is 1.43. The molecule has 5 nitrogen and oxygen atoms in total. The summed E-state index contributed by atoms with van der Waals surface area (Å²) in [4.78, 5) is 22.6. The van der Waals surface area contributed by atoms with Gasteiger partial charge in [0.25, 0.3) is 0 Å². The molecule has 0 bridgehead atoms. The van der Waals surface area contributed by atoms with Crippen LogP contribution in [0.4, 0.5) is 0 Å². The third-order valence-electron chi connectivity index (χ3n) is 3.18. The quantitative estimate of drug-likeness (QED) is 0.532. The highest BCUT2D eigenvalue weighted by atomic mass is 16.5. The lowest BCUT2D eigenvalue weighted by Gasteiger charge is -2.04. The maximum absolute atomic E-state index is 11.3. The van der Waals surface area contributed by atoms with Gasteiger partial charge < -0.3 is 13.6 Å². The number of hydrogen-bond donors (Lipinski definition) is 0. The molecule has 3 aromatic rings. The number of esters is 1. The molecule has 2 aromatic heterocycles. The lowest BCUT2D eigenvalue weighted by atomic mass is 10.1. The Balaban J connectivity index is 2.35. The number of benzene rings is 1. The van der Waals surface area contributed by atoms with E-state index in [0.29, 0.717) is 28.1 Å². The summed E-state index contributed by atoms with van der Waals surface area (Å²) < 4.78 is 16.2. The Labute approximate surface area is 120 Å². The van der Waals surface area contributed by atoms with Gasteiger partial charge in [0.15, 0.2) is 5.75 Å². The van der Waals surface area contributed by atoms with Crippen molar-refractivity contribution in [1.82, 2.24) is 0 Å². The molecule has 0 N–H and O–H groups in total. The number of ether oxygens (including phenoxy) is 1. The molecule has 3 rings (SSSR count). The van der Waals surface area contributed by atoms with Crippen LogP contribution in [0.1, 0.15) is 32.4 Å². The standard InChI is InChI=1S/C16H14O5/c1-8(2)15-16(19-9(3)17)11-6-10-4-5-14(18)20-12(10)7-13(11)21-15/h4-8H,1-3H3. The topological polar surface area (TPSA) is 69.7 Å². The third-order valence-corrected chi connectivity index (χ3v) is 3.18. The van der Waals surface area contributed by atoms with Gasteiger partial charge in [-0.15, -0.1) is 0 Å². The fourth-order valence-electron chi connectivity index (χ4n) is 2.29. The van der Waals surface area contributed by atoms with E-state index >= 15 is 0 Å². The zero-order valence-electron chi connectivity index (χ0n) is 11.9. The van der Waals surface area contributed by atoms with Crippen LogP contribution in [-0.4, -0.2) is 5.97 Å². The average molecular weight is 286 g/mol. The van der Waals surface area contributed by atoms with E-state index in [-0.39, 0.29) is 5.92 Å².